The second kappa shape index (κ2) is 7.25. The van der Waals surface area contributed by atoms with Gasteiger partial charge in [-0.3, -0.25) is 0 Å². The highest BCUT2D eigenvalue weighted by atomic mass is 19.3. The third-order valence-corrected chi connectivity index (χ3v) is 1.70. The smallest absolute Gasteiger partial charge is 0.248 e. The van der Waals surface area contributed by atoms with E-state index < -0.39 is 43.5 Å². The Balaban J connectivity index is 0. The van der Waals surface area contributed by atoms with Crippen molar-refractivity contribution in [1.82, 2.24) is 0 Å². The predicted octanol–water partition coefficient (Wildman–Crippen LogP) is 4.74. The van der Waals surface area contributed by atoms with E-state index in [0.717, 1.165) is 0 Å². The Bertz CT molecular complexity index is 267. The van der Waals surface area contributed by atoms with Crippen LogP contribution in [0.25, 0.3) is 0 Å². The number of hydrogen-bond acceptors (Lipinski definition) is 0. The summed E-state index contributed by atoms with van der Waals surface area (Å²) in [4.78, 5) is 0. The maximum Gasteiger partial charge on any atom is 0.368 e. The average molecular weight is 332 g/mol. The van der Waals surface area contributed by atoms with Crippen LogP contribution in [-0.4, -0.2) is 43.5 Å². The lowest BCUT2D eigenvalue weighted by Crippen LogP contribution is -2.43. The Kier molecular flexibility index (Phi) is 7.78. The maximum absolute atomic E-state index is 11.6. The van der Waals surface area contributed by atoms with Crippen LogP contribution in [0.15, 0.2) is 0 Å². The summed E-state index contributed by atoms with van der Waals surface area (Å²) in [6.07, 6.45) is -11.9. The van der Waals surface area contributed by atoms with Crippen molar-refractivity contribution in [3.05, 3.63) is 0 Å². The minimum atomic E-state index is -5.23. The molecule has 20 heavy (non-hydrogen) atoms. The van der Waals surface area contributed by atoms with Crippen molar-refractivity contribution >= 4 is 0 Å². The zero-order valence-corrected chi connectivity index (χ0v) is 9.47. The molecule has 0 amide bonds. The van der Waals surface area contributed by atoms with Crippen LogP contribution in [-0.2, 0) is 0 Å². The van der Waals surface area contributed by atoms with Crippen LogP contribution in [0.4, 0.5) is 52.7 Å². The molecule has 0 aliphatic heterocycles. The van der Waals surface area contributed by atoms with Gasteiger partial charge in [0.2, 0.25) is 0 Å². The highest BCUT2D eigenvalue weighted by Crippen LogP contribution is 2.38. The number of hydrogen-bond donors (Lipinski definition) is 0. The van der Waals surface area contributed by atoms with Gasteiger partial charge in [0.15, 0.2) is 6.17 Å². The normalized spacial score (nSPS) is 15.2. The van der Waals surface area contributed by atoms with Gasteiger partial charge < -0.3 is 0 Å². The minimum Gasteiger partial charge on any atom is -0.248 e. The van der Waals surface area contributed by atoms with E-state index in [-0.39, 0.29) is 6.92 Å². The summed E-state index contributed by atoms with van der Waals surface area (Å²) in [6, 6.07) is 0. The maximum atomic E-state index is 11.6. The van der Waals surface area contributed by atoms with Crippen molar-refractivity contribution in [3.63, 3.8) is 0 Å². The van der Waals surface area contributed by atoms with Gasteiger partial charge in [0.1, 0.15) is 6.67 Å². The molecule has 0 aromatic carbocycles. The SMILES string of the molecule is CC(F)(F)C(F)(F)C(F)F.FCC(F)C(F)(F)C(F)F. The van der Waals surface area contributed by atoms with Crippen molar-refractivity contribution in [2.24, 2.45) is 0 Å². The fraction of sp³-hybridized carbons (Fsp3) is 1.00. The molecule has 124 valence electrons. The molecular formula is C8H8F12. The zero-order chi connectivity index (χ0) is 16.9. The molecule has 0 rings (SSSR count). The Morgan fingerprint density at radius 2 is 1.10 bits per heavy atom. The lowest BCUT2D eigenvalue weighted by atomic mass is 10.2. The third-order valence-electron chi connectivity index (χ3n) is 1.70. The molecule has 0 saturated carbocycles. The van der Waals surface area contributed by atoms with E-state index in [9.17, 15) is 52.7 Å². The molecule has 0 aromatic heterocycles. The van der Waals surface area contributed by atoms with E-state index in [2.05, 4.69) is 0 Å². The van der Waals surface area contributed by atoms with Crippen molar-refractivity contribution in [3.8, 4) is 0 Å². The summed E-state index contributed by atoms with van der Waals surface area (Å²) in [5, 5.41) is 0. The van der Waals surface area contributed by atoms with Gasteiger partial charge >= 0.3 is 30.6 Å². The lowest BCUT2D eigenvalue weighted by Gasteiger charge is -2.21. The molecule has 0 aliphatic carbocycles. The molecule has 0 saturated heterocycles. The Labute approximate surface area is 104 Å². The summed E-state index contributed by atoms with van der Waals surface area (Å²) in [5.41, 5.74) is 0. The van der Waals surface area contributed by atoms with Gasteiger partial charge in [0, 0.05) is 6.92 Å². The van der Waals surface area contributed by atoms with Crippen molar-refractivity contribution in [2.45, 2.75) is 43.7 Å². The first-order valence-corrected chi connectivity index (χ1v) is 4.52. The van der Waals surface area contributed by atoms with Crippen LogP contribution in [0.2, 0.25) is 0 Å². The molecular weight excluding hydrogens is 324 g/mol. The van der Waals surface area contributed by atoms with Crippen LogP contribution in [0.3, 0.4) is 0 Å². The summed E-state index contributed by atoms with van der Waals surface area (Å²) in [5.74, 6) is -14.8. The summed E-state index contributed by atoms with van der Waals surface area (Å²) < 4.78 is 136. The Hall–Kier alpha value is -0.840. The standard InChI is InChI=1S/2C4H4F6/c1-3(7,8)4(9,10)2(5)6;5-1-2(6)4(9,10)3(7)8/h2H,1H3;2-3H,1H2. The van der Waals surface area contributed by atoms with Gasteiger partial charge in [-0.1, -0.05) is 0 Å². The molecule has 0 spiro atoms. The molecule has 1 atom stereocenters. The molecule has 0 N–H and O–H groups in total. The van der Waals surface area contributed by atoms with E-state index in [1.165, 1.54) is 0 Å². The fourth-order valence-corrected chi connectivity index (χ4v) is 0.431. The second-order valence-electron chi connectivity index (χ2n) is 3.41. The Morgan fingerprint density at radius 3 is 1.15 bits per heavy atom. The average Bonchev–Trinajstić information content (AvgIpc) is 2.26. The largest absolute Gasteiger partial charge is 0.368 e. The molecule has 12 heteroatoms. The van der Waals surface area contributed by atoms with Gasteiger partial charge in [0.25, 0.3) is 0 Å². The van der Waals surface area contributed by atoms with Crippen LogP contribution >= 0.6 is 0 Å². The second-order valence-corrected chi connectivity index (χ2v) is 3.41. The molecule has 0 radical (unpaired) electrons. The lowest BCUT2D eigenvalue weighted by molar-refractivity contribution is -0.255. The molecule has 0 bridgehead atoms. The van der Waals surface area contributed by atoms with Gasteiger partial charge in [0.05, 0.1) is 0 Å². The highest BCUT2D eigenvalue weighted by Gasteiger charge is 2.59. The van der Waals surface area contributed by atoms with E-state index in [4.69, 9.17) is 0 Å². The van der Waals surface area contributed by atoms with Gasteiger partial charge in [-0.15, -0.1) is 0 Å². The summed E-state index contributed by atoms with van der Waals surface area (Å²) in [6.45, 7) is -2.35. The highest BCUT2D eigenvalue weighted by molar-refractivity contribution is 4.82. The topological polar surface area (TPSA) is 0 Å². The molecule has 0 heterocycles. The number of rotatable bonds is 5. The van der Waals surface area contributed by atoms with Gasteiger partial charge in [-0.2, -0.15) is 26.3 Å². The van der Waals surface area contributed by atoms with Crippen molar-refractivity contribution in [2.75, 3.05) is 6.67 Å². The van der Waals surface area contributed by atoms with E-state index in [1.54, 1.807) is 0 Å². The monoisotopic (exact) mass is 332 g/mol. The Morgan fingerprint density at radius 1 is 0.750 bits per heavy atom. The van der Waals surface area contributed by atoms with Crippen molar-refractivity contribution < 1.29 is 52.7 Å². The molecule has 0 fully saturated rings. The first-order chi connectivity index (χ1) is 8.62. The van der Waals surface area contributed by atoms with Crippen LogP contribution < -0.4 is 0 Å². The zero-order valence-electron chi connectivity index (χ0n) is 9.47. The molecule has 0 nitrogen and oxygen atoms in total. The van der Waals surface area contributed by atoms with Crippen LogP contribution in [0.5, 0.6) is 0 Å². The summed E-state index contributed by atoms with van der Waals surface area (Å²) in [7, 11) is 0. The van der Waals surface area contributed by atoms with E-state index in [1.807, 2.05) is 0 Å². The number of alkyl halides is 12. The van der Waals surface area contributed by atoms with E-state index >= 15 is 0 Å². The molecule has 1 unspecified atom stereocenters. The van der Waals surface area contributed by atoms with Crippen LogP contribution in [0, 0.1) is 0 Å². The minimum absolute atomic E-state index is 0.251. The molecule has 0 aromatic rings. The first kappa shape index (κ1) is 21.5. The van der Waals surface area contributed by atoms with Gasteiger partial charge in [-0.25, -0.2) is 26.3 Å². The quantitative estimate of drug-likeness (QED) is 0.638. The first-order valence-electron chi connectivity index (χ1n) is 4.52. The van der Waals surface area contributed by atoms with Gasteiger partial charge in [-0.05, 0) is 0 Å². The van der Waals surface area contributed by atoms with Crippen LogP contribution in [0.1, 0.15) is 6.92 Å². The predicted molar refractivity (Wildman–Crippen MR) is 43.4 cm³/mol. The van der Waals surface area contributed by atoms with Crippen molar-refractivity contribution in [1.29, 1.82) is 0 Å². The molecule has 0 aliphatic rings. The third kappa shape index (κ3) is 5.65. The van der Waals surface area contributed by atoms with E-state index in [0.29, 0.717) is 0 Å². The summed E-state index contributed by atoms with van der Waals surface area (Å²) >= 11 is 0. The fourth-order valence-electron chi connectivity index (χ4n) is 0.431. The number of halogens is 12.